The molecule has 1 aliphatic heterocycles. The second-order valence-electron chi connectivity index (χ2n) is 6.42. The van der Waals surface area contributed by atoms with E-state index >= 15 is 0 Å². The summed E-state index contributed by atoms with van der Waals surface area (Å²) in [4.78, 5) is 0. The molecule has 3 nitrogen and oxygen atoms in total. The van der Waals surface area contributed by atoms with Crippen LogP contribution in [-0.2, 0) is 21.6 Å². The summed E-state index contributed by atoms with van der Waals surface area (Å²) in [5.41, 5.74) is 9.64. The van der Waals surface area contributed by atoms with Gasteiger partial charge in [-0.15, -0.1) is 0 Å². The van der Waals surface area contributed by atoms with Crippen LogP contribution in [0, 0.1) is 6.92 Å². The number of hydrogen-bond donors (Lipinski definition) is 2. The van der Waals surface area contributed by atoms with Gasteiger partial charge in [0.1, 0.15) is 0 Å². The quantitative estimate of drug-likeness (QED) is 0.663. The number of benzene rings is 1. The van der Waals surface area contributed by atoms with Gasteiger partial charge in [0.25, 0.3) is 0 Å². The molecule has 0 saturated carbocycles. The van der Waals surface area contributed by atoms with Crippen LogP contribution in [0.25, 0.3) is 0 Å². The number of thiol groups is 1. The zero-order chi connectivity index (χ0) is 15.1. The van der Waals surface area contributed by atoms with E-state index in [2.05, 4.69) is 59.4 Å². The van der Waals surface area contributed by atoms with Crippen LogP contribution < -0.4 is 11.2 Å². The van der Waals surface area contributed by atoms with E-state index in [0.29, 0.717) is 12.3 Å². The number of nitrogens with two attached hydrogens (primary N) is 1. The molecule has 0 bridgehead atoms. The third-order valence-electron chi connectivity index (χ3n) is 4.53. The topological polar surface area (TPSA) is 44.5 Å². The first-order valence-corrected chi connectivity index (χ1v) is 7.64. The summed E-state index contributed by atoms with van der Waals surface area (Å²) in [6.45, 7) is 10.9. The summed E-state index contributed by atoms with van der Waals surface area (Å²) < 4.78 is 12.3. The summed E-state index contributed by atoms with van der Waals surface area (Å²) in [5.74, 6) is 0.687. The Labute approximate surface area is 127 Å². The average Bonchev–Trinajstić information content (AvgIpc) is 2.58. The Balaban J connectivity index is 2.44. The van der Waals surface area contributed by atoms with Crippen LogP contribution in [0.3, 0.4) is 0 Å². The molecule has 20 heavy (non-hydrogen) atoms. The van der Waals surface area contributed by atoms with E-state index in [9.17, 15) is 0 Å². The molecule has 110 valence electrons. The van der Waals surface area contributed by atoms with Crippen molar-refractivity contribution in [3.63, 3.8) is 0 Å². The molecule has 1 aromatic rings. The van der Waals surface area contributed by atoms with Crippen molar-refractivity contribution in [3.8, 4) is 0 Å². The van der Waals surface area contributed by atoms with E-state index in [4.69, 9.17) is 15.0 Å². The predicted molar refractivity (Wildman–Crippen MR) is 87.5 cm³/mol. The zero-order valence-electron chi connectivity index (χ0n) is 13.0. The molecule has 0 unspecified atom stereocenters. The molecule has 2 rings (SSSR count). The van der Waals surface area contributed by atoms with Crippen LogP contribution >= 0.6 is 12.6 Å². The van der Waals surface area contributed by atoms with Crippen LogP contribution in [0.1, 0.15) is 44.4 Å². The highest BCUT2D eigenvalue weighted by molar-refractivity contribution is 7.79. The van der Waals surface area contributed by atoms with Crippen LogP contribution in [-0.4, -0.2) is 18.3 Å². The molecule has 0 atom stereocenters. The van der Waals surface area contributed by atoms with Crippen molar-refractivity contribution in [1.29, 1.82) is 0 Å². The van der Waals surface area contributed by atoms with Crippen molar-refractivity contribution in [3.05, 3.63) is 28.8 Å². The van der Waals surface area contributed by atoms with E-state index in [1.54, 1.807) is 0 Å². The summed E-state index contributed by atoms with van der Waals surface area (Å²) in [6.07, 6.45) is 0. The normalized spacial score (nSPS) is 20.4. The van der Waals surface area contributed by atoms with Crippen LogP contribution in [0.5, 0.6) is 0 Å². The molecular weight excluding hydrogens is 269 g/mol. The van der Waals surface area contributed by atoms with E-state index in [1.165, 1.54) is 11.1 Å². The first-order chi connectivity index (χ1) is 9.21. The third-order valence-corrected chi connectivity index (χ3v) is 4.87. The largest absolute Gasteiger partial charge is 0.495 e. The lowest BCUT2D eigenvalue weighted by atomic mass is 9.74. The number of hydrogen-bond acceptors (Lipinski definition) is 4. The Kier molecular flexibility index (Phi) is 4.27. The van der Waals surface area contributed by atoms with E-state index in [-0.39, 0.29) is 18.3 Å². The fourth-order valence-electron chi connectivity index (χ4n) is 2.36. The third kappa shape index (κ3) is 2.64. The van der Waals surface area contributed by atoms with Gasteiger partial charge in [0.05, 0.1) is 11.2 Å². The molecule has 0 amide bonds. The van der Waals surface area contributed by atoms with Crippen LogP contribution in [0.4, 0.5) is 0 Å². The Morgan fingerprint density at radius 1 is 1.15 bits per heavy atom. The van der Waals surface area contributed by atoms with E-state index < -0.39 is 0 Å². The minimum atomic E-state index is -0.342. The molecule has 1 saturated heterocycles. The maximum Gasteiger partial charge on any atom is 0.495 e. The van der Waals surface area contributed by atoms with Crippen molar-refractivity contribution in [2.45, 2.75) is 58.1 Å². The molecular formula is C15H24BNO2S. The van der Waals surface area contributed by atoms with Gasteiger partial charge in [-0.1, -0.05) is 12.1 Å². The summed E-state index contributed by atoms with van der Waals surface area (Å²) in [6, 6.07) is 4.20. The van der Waals surface area contributed by atoms with Gasteiger partial charge in [0, 0.05) is 12.3 Å². The lowest BCUT2D eigenvalue weighted by Crippen LogP contribution is -2.41. The summed E-state index contributed by atoms with van der Waals surface area (Å²) in [5, 5.41) is 0. The van der Waals surface area contributed by atoms with Gasteiger partial charge >= 0.3 is 7.12 Å². The van der Waals surface area contributed by atoms with Crippen molar-refractivity contribution < 1.29 is 9.31 Å². The fraction of sp³-hybridized carbons (Fsp3) is 0.600. The van der Waals surface area contributed by atoms with Gasteiger partial charge in [-0.25, -0.2) is 0 Å². The lowest BCUT2D eigenvalue weighted by molar-refractivity contribution is 0.00578. The molecule has 0 spiro atoms. The molecule has 5 heteroatoms. The van der Waals surface area contributed by atoms with Crippen LogP contribution in [0.2, 0.25) is 0 Å². The molecule has 2 N–H and O–H groups in total. The second kappa shape index (κ2) is 5.37. The minimum absolute atomic E-state index is 0.329. The maximum atomic E-state index is 6.14. The fourth-order valence-corrected chi connectivity index (χ4v) is 2.69. The molecule has 1 fully saturated rings. The average molecular weight is 293 g/mol. The first-order valence-electron chi connectivity index (χ1n) is 7.00. The summed E-state index contributed by atoms with van der Waals surface area (Å²) in [7, 11) is -0.342. The molecule has 1 aliphatic rings. The van der Waals surface area contributed by atoms with Crippen molar-refractivity contribution in [2.24, 2.45) is 5.73 Å². The van der Waals surface area contributed by atoms with Gasteiger partial charge < -0.3 is 15.0 Å². The highest BCUT2D eigenvalue weighted by Crippen LogP contribution is 2.36. The Morgan fingerprint density at radius 3 is 2.15 bits per heavy atom. The maximum absolute atomic E-state index is 6.14. The lowest BCUT2D eigenvalue weighted by Gasteiger charge is -2.32. The Bertz CT molecular complexity index is 501. The molecule has 0 radical (unpaired) electrons. The second-order valence-corrected chi connectivity index (χ2v) is 6.74. The predicted octanol–water partition coefficient (Wildman–Crippen LogP) is 2.18. The highest BCUT2D eigenvalue weighted by Gasteiger charge is 2.52. The highest BCUT2D eigenvalue weighted by atomic mass is 32.1. The van der Waals surface area contributed by atoms with Gasteiger partial charge in [-0.2, -0.15) is 12.6 Å². The molecule has 0 aliphatic carbocycles. The van der Waals surface area contributed by atoms with Crippen LogP contribution in [0.15, 0.2) is 12.1 Å². The van der Waals surface area contributed by atoms with Crippen molar-refractivity contribution >= 4 is 25.2 Å². The monoisotopic (exact) mass is 293 g/mol. The van der Waals surface area contributed by atoms with Gasteiger partial charge in [0.2, 0.25) is 0 Å². The van der Waals surface area contributed by atoms with Gasteiger partial charge in [-0.05, 0) is 56.8 Å². The van der Waals surface area contributed by atoms with Gasteiger partial charge in [0.15, 0.2) is 0 Å². The van der Waals surface area contributed by atoms with Gasteiger partial charge in [-0.3, -0.25) is 0 Å². The van der Waals surface area contributed by atoms with E-state index in [1.807, 2.05) is 0 Å². The summed E-state index contributed by atoms with van der Waals surface area (Å²) >= 11 is 4.40. The number of rotatable bonds is 3. The Morgan fingerprint density at radius 2 is 1.70 bits per heavy atom. The smallest absolute Gasteiger partial charge is 0.399 e. The zero-order valence-corrected chi connectivity index (χ0v) is 13.9. The Hall–Kier alpha value is -0.485. The van der Waals surface area contributed by atoms with Crippen molar-refractivity contribution in [2.75, 3.05) is 0 Å². The first kappa shape index (κ1) is 15.9. The molecule has 0 aromatic heterocycles. The SMILES string of the molecule is Cc1c(CS)cc(CN)cc1B1OC(C)(C)C(C)(C)O1. The minimum Gasteiger partial charge on any atom is -0.399 e. The molecule has 1 aromatic carbocycles. The standard InChI is InChI=1S/C15H24BNO2S/c1-10-12(9-20)6-11(8-17)7-13(10)16-18-14(2,3)15(4,5)19-16/h6-7,20H,8-9,17H2,1-5H3. The van der Waals surface area contributed by atoms with Crippen molar-refractivity contribution in [1.82, 2.24) is 0 Å². The molecule has 1 heterocycles. The van der Waals surface area contributed by atoms with E-state index in [0.717, 1.165) is 11.0 Å².